The van der Waals surface area contributed by atoms with Gasteiger partial charge in [0.2, 0.25) is 5.91 Å². The molecule has 0 unspecified atom stereocenters. The van der Waals surface area contributed by atoms with Gasteiger partial charge in [-0.05, 0) is 17.9 Å². The summed E-state index contributed by atoms with van der Waals surface area (Å²) in [4.78, 5) is 10.5. The number of primary amides is 1. The van der Waals surface area contributed by atoms with Crippen molar-refractivity contribution < 1.29 is 4.79 Å². The molecule has 0 aliphatic carbocycles. The highest BCUT2D eigenvalue weighted by molar-refractivity contribution is 8.18. The van der Waals surface area contributed by atoms with Gasteiger partial charge < -0.3 is 5.73 Å². The molecule has 52 valence electrons. The Balaban J connectivity index is 2.31. The van der Waals surface area contributed by atoms with Crippen LogP contribution >= 0.6 is 23.5 Å². The molecule has 0 aromatic carbocycles. The van der Waals surface area contributed by atoms with Crippen LogP contribution in [0, 0.1) is 0 Å². The molecule has 1 amide bonds. The van der Waals surface area contributed by atoms with Crippen LogP contribution in [0.2, 0.25) is 0 Å². The fourth-order valence-corrected chi connectivity index (χ4v) is 3.18. The summed E-state index contributed by atoms with van der Waals surface area (Å²) in [5.41, 5.74) is 5.09. The summed E-state index contributed by atoms with van der Waals surface area (Å²) in [5.74, 6) is 1.99. The molecule has 0 spiro atoms. The van der Waals surface area contributed by atoms with Crippen molar-refractivity contribution in [1.29, 1.82) is 0 Å². The lowest BCUT2D eigenvalue weighted by Gasteiger charge is -2.16. The number of hydrogen-bond donors (Lipinski definition) is 1. The predicted octanol–water partition coefficient (Wildman–Crippen LogP) is 0.668. The van der Waals surface area contributed by atoms with E-state index in [2.05, 4.69) is 0 Å². The van der Waals surface area contributed by atoms with Crippen LogP contribution in [0.3, 0.4) is 0 Å². The van der Waals surface area contributed by atoms with Gasteiger partial charge in [0.1, 0.15) is 4.58 Å². The van der Waals surface area contributed by atoms with Crippen molar-refractivity contribution in [1.82, 2.24) is 0 Å². The molecule has 1 fully saturated rings. The van der Waals surface area contributed by atoms with Gasteiger partial charge in [-0.25, -0.2) is 0 Å². The highest BCUT2D eigenvalue weighted by Crippen LogP contribution is 2.29. The van der Waals surface area contributed by atoms with Gasteiger partial charge in [0.15, 0.2) is 0 Å². The van der Waals surface area contributed by atoms with Gasteiger partial charge in [-0.15, -0.1) is 23.5 Å². The first-order valence-corrected chi connectivity index (χ1v) is 4.93. The Labute approximate surface area is 62.9 Å². The minimum atomic E-state index is -0.176. The Hall–Kier alpha value is 0.170. The second-order valence-corrected chi connectivity index (χ2v) is 4.55. The third-order valence-corrected chi connectivity index (χ3v) is 3.99. The molecule has 0 saturated carbocycles. The third kappa shape index (κ3) is 2.10. The maximum atomic E-state index is 10.5. The average Bonchev–Trinajstić information content (AvgIpc) is 1.90. The van der Waals surface area contributed by atoms with Crippen molar-refractivity contribution in [2.75, 3.05) is 11.5 Å². The maximum Gasteiger partial charge on any atom is 0.240 e. The molecule has 2 N–H and O–H groups in total. The molecular formula is C5H9NOS2. The first-order valence-electron chi connectivity index (χ1n) is 2.83. The topological polar surface area (TPSA) is 43.1 Å². The predicted molar refractivity (Wildman–Crippen MR) is 42.5 cm³/mol. The molecular weight excluding hydrogens is 154 g/mol. The summed E-state index contributed by atoms with van der Waals surface area (Å²) in [6.07, 6.45) is 1.21. The summed E-state index contributed by atoms with van der Waals surface area (Å²) in [6.45, 7) is 0. The molecule has 1 rings (SSSR count). The summed E-state index contributed by atoms with van der Waals surface area (Å²) in [7, 11) is 0. The van der Waals surface area contributed by atoms with Crippen LogP contribution in [0.1, 0.15) is 6.42 Å². The lowest BCUT2D eigenvalue weighted by atomic mass is 10.6. The normalized spacial score (nSPS) is 21.8. The number of hydrogen-bond acceptors (Lipinski definition) is 3. The highest BCUT2D eigenvalue weighted by atomic mass is 32.2. The Morgan fingerprint density at radius 3 is 2.33 bits per heavy atom. The van der Waals surface area contributed by atoms with E-state index < -0.39 is 0 Å². The van der Waals surface area contributed by atoms with E-state index in [0.29, 0.717) is 0 Å². The van der Waals surface area contributed by atoms with E-state index in [1.807, 2.05) is 0 Å². The van der Waals surface area contributed by atoms with Gasteiger partial charge in [0.05, 0.1) is 0 Å². The minimum absolute atomic E-state index is 0.0266. The Morgan fingerprint density at radius 1 is 1.44 bits per heavy atom. The van der Waals surface area contributed by atoms with Crippen LogP contribution in [0.25, 0.3) is 0 Å². The molecule has 0 radical (unpaired) electrons. The zero-order chi connectivity index (χ0) is 6.69. The lowest BCUT2D eigenvalue weighted by molar-refractivity contribution is -0.116. The number of rotatable bonds is 1. The molecule has 0 bridgehead atoms. The summed E-state index contributed by atoms with van der Waals surface area (Å²) < 4.78 is 0.0266. The third-order valence-electron chi connectivity index (χ3n) is 1.06. The smallest absolute Gasteiger partial charge is 0.240 e. The molecule has 0 atom stereocenters. The van der Waals surface area contributed by atoms with E-state index >= 15 is 0 Å². The van der Waals surface area contributed by atoms with Crippen molar-refractivity contribution in [3.63, 3.8) is 0 Å². The van der Waals surface area contributed by atoms with Crippen LogP contribution in [-0.2, 0) is 4.79 Å². The number of amides is 1. The Kier molecular flexibility index (Phi) is 2.72. The summed E-state index contributed by atoms with van der Waals surface area (Å²) >= 11 is 3.32. The first kappa shape index (κ1) is 7.28. The summed E-state index contributed by atoms with van der Waals surface area (Å²) in [5, 5.41) is 0. The van der Waals surface area contributed by atoms with Gasteiger partial charge in [-0.3, -0.25) is 4.79 Å². The number of nitrogens with two attached hydrogens (primary N) is 1. The van der Waals surface area contributed by atoms with Crippen LogP contribution in [0.4, 0.5) is 0 Å². The molecule has 0 aromatic rings. The van der Waals surface area contributed by atoms with Crippen LogP contribution in [-0.4, -0.2) is 22.0 Å². The lowest BCUT2D eigenvalue weighted by Crippen LogP contribution is -2.25. The van der Waals surface area contributed by atoms with E-state index in [9.17, 15) is 4.79 Å². The SMILES string of the molecule is NC(=O)C1SCCCS1. The molecule has 2 nitrogen and oxygen atoms in total. The quantitative estimate of drug-likeness (QED) is 0.618. The highest BCUT2D eigenvalue weighted by Gasteiger charge is 2.18. The number of carbonyl (C=O) groups is 1. The molecule has 1 heterocycles. The maximum absolute atomic E-state index is 10.5. The van der Waals surface area contributed by atoms with Crippen molar-refractivity contribution in [3.8, 4) is 0 Å². The van der Waals surface area contributed by atoms with Gasteiger partial charge in [-0.1, -0.05) is 0 Å². The molecule has 0 aromatic heterocycles. The summed E-state index contributed by atoms with van der Waals surface area (Å²) in [6, 6.07) is 0. The zero-order valence-electron chi connectivity index (χ0n) is 5.00. The molecule has 4 heteroatoms. The fourth-order valence-electron chi connectivity index (χ4n) is 0.652. The first-order chi connectivity index (χ1) is 4.30. The number of carbonyl (C=O) groups excluding carboxylic acids is 1. The van der Waals surface area contributed by atoms with Crippen molar-refractivity contribution in [2.45, 2.75) is 11.0 Å². The fraction of sp³-hybridized carbons (Fsp3) is 0.800. The van der Waals surface area contributed by atoms with E-state index in [-0.39, 0.29) is 10.5 Å². The van der Waals surface area contributed by atoms with Crippen LogP contribution in [0.5, 0.6) is 0 Å². The van der Waals surface area contributed by atoms with Crippen LogP contribution in [0.15, 0.2) is 0 Å². The van der Waals surface area contributed by atoms with E-state index in [1.165, 1.54) is 6.42 Å². The van der Waals surface area contributed by atoms with E-state index in [4.69, 9.17) is 5.73 Å². The zero-order valence-corrected chi connectivity index (χ0v) is 6.63. The van der Waals surface area contributed by atoms with Gasteiger partial charge >= 0.3 is 0 Å². The second kappa shape index (κ2) is 3.37. The number of thioether (sulfide) groups is 2. The molecule has 9 heavy (non-hydrogen) atoms. The Morgan fingerprint density at radius 2 is 2.00 bits per heavy atom. The van der Waals surface area contributed by atoms with Crippen molar-refractivity contribution in [2.24, 2.45) is 5.73 Å². The van der Waals surface area contributed by atoms with Crippen molar-refractivity contribution >= 4 is 29.4 Å². The Bertz CT molecular complexity index is 112. The average molecular weight is 163 g/mol. The van der Waals surface area contributed by atoms with E-state index in [0.717, 1.165) is 11.5 Å². The van der Waals surface area contributed by atoms with Crippen LogP contribution < -0.4 is 5.73 Å². The van der Waals surface area contributed by atoms with Gasteiger partial charge in [-0.2, -0.15) is 0 Å². The molecule has 1 aliphatic rings. The van der Waals surface area contributed by atoms with Gasteiger partial charge in [0, 0.05) is 0 Å². The second-order valence-electron chi connectivity index (χ2n) is 1.83. The monoisotopic (exact) mass is 163 g/mol. The molecule has 1 aliphatic heterocycles. The van der Waals surface area contributed by atoms with Crippen molar-refractivity contribution in [3.05, 3.63) is 0 Å². The standard InChI is InChI=1S/C5H9NOS2/c6-4(7)5-8-2-1-3-9-5/h5H,1-3H2,(H2,6,7). The van der Waals surface area contributed by atoms with Gasteiger partial charge in [0.25, 0.3) is 0 Å². The molecule has 1 saturated heterocycles. The largest absolute Gasteiger partial charge is 0.368 e. The minimum Gasteiger partial charge on any atom is -0.368 e. The van der Waals surface area contributed by atoms with E-state index in [1.54, 1.807) is 23.5 Å².